The van der Waals surface area contributed by atoms with Crippen molar-refractivity contribution in [2.24, 2.45) is 0 Å². The summed E-state index contributed by atoms with van der Waals surface area (Å²) in [6.07, 6.45) is 22.9. The van der Waals surface area contributed by atoms with E-state index in [-0.39, 0.29) is 32.1 Å². The minimum atomic E-state index is -0.591. The summed E-state index contributed by atoms with van der Waals surface area (Å²) in [4.78, 5) is 28.4. The third-order valence-corrected chi connectivity index (χ3v) is 19.4. The summed E-state index contributed by atoms with van der Waals surface area (Å²) in [5.74, 6) is 0. The Hall–Kier alpha value is -10.3. The third kappa shape index (κ3) is 10.0. The molecule has 0 bridgehead atoms. The van der Waals surface area contributed by atoms with Gasteiger partial charge in [0.1, 0.15) is 0 Å². The van der Waals surface area contributed by atoms with Crippen LogP contribution in [0.1, 0.15) is 99.9 Å². The van der Waals surface area contributed by atoms with E-state index >= 15 is 0 Å². The van der Waals surface area contributed by atoms with Gasteiger partial charge in [0.05, 0.1) is 20.7 Å². The summed E-state index contributed by atoms with van der Waals surface area (Å²) in [5.41, 5.74) is 16.0. The lowest BCUT2D eigenvalue weighted by atomic mass is 9.76. The van der Waals surface area contributed by atoms with Crippen molar-refractivity contribution in [3.63, 3.8) is 0 Å². The lowest BCUT2D eigenvalue weighted by Gasteiger charge is -2.29. The van der Waals surface area contributed by atoms with Crippen LogP contribution in [0.4, 0.5) is 34.1 Å². The molecule has 0 saturated heterocycles. The van der Waals surface area contributed by atoms with E-state index < -0.39 is 10.8 Å². The summed E-state index contributed by atoms with van der Waals surface area (Å²) >= 11 is 0. The molecule has 0 radical (unpaired) electrons. The highest BCUT2D eigenvalue weighted by molar-refractivity contribution is 6.09. The van der Waals surface area contributed by atoms with E-state index in [9.17, 15) is 20.2 Å². The maximum Gasteiger partial charge on any atom is 0.269 e. The summed E-state index contributed by atoms with van der Waals surface area (Å²) in [7, 11) is 0. The van der Waals surface area contributed by atoms with E-state index in [4.69, 9.17) is 0 Å². The molecule has 9 aromatic rings. The van der Waals surface area contributed by atoms with E-state index in [0.29, 0.717) is 25.9 Å². The van der Waals surface area contributed by atoms with Crippen molar-refractivity contribution in [3.8, 4) is 0 Å². The zero-order valence-electron chi connectivity index (χ0n) is 52.4. The van der Waals surface area contributed by atoms with Gasteiger partial charge < -0.3 is 9.80 Å². The Kier molecular flexibility index (Phi) is 15.0. The van der Waals surface area contributed by atoms with E-state index in [2.05, 4.69) is 255 Å². The van der Waals surface area contributed by atoms with Crippen LogP contribution < -0.4 is 9.80 Å². The normalized spacial score (nSPS) is 19.9. The standard InChI is InChI=1S/C80H74N6O4/c1-9-47-81-67-45-41-61(85(87)88)49-65(67)79(7,51-55-23-13-11-14-24-55)73(81)33-21-31-71-77(3,4)75-63-29-19-17-27-59(63)39-43-69(75)83(71)53-57-35-37-58(38-36-57)54-84-70-44-40-60-28-18-20-30-64(60)76(70)78(5,6)72(84)32-22-34-74-80(8,52-56-25-15-12-16-26-56)66-50-62(86(89)90)42-46-68(66)82(74)48-10-2/h9-50H,51-54H2,1-8H3/q+2/b47-9+,48-10+. The second-order valence-corrected chi connectivity index (χ2v) is 25.8. The molecule has 0 saturated carbocycles. The van der Waals surface area contributed by atoms with Crippen molar-refractivity contribution in [2.75, 3.05) is 9.80 Å². The van der Waals surface area contributed by atoms with Gasteiger partial charge in [-0.3, -0.25) is 20.2 Å². The molecule has 0 fully saturated rings. The van der Waals surface area contributed by atoms with Crippen LogP contribution in [0.5, 0.6) is 0 Å². The fraction of sp³-hybridized carbons (Fsp3) is 0.200. The number of fused-ring (bicyclic) bond motifs is 8. The molecule has 4 heterocycles. The van der Waals surface area contributed by atoms with E-state index in [1.54, 1.807) is 24.3 Å². The van der Waals surface area contributed by atoms with Crippen molar-refractivity contribution in [2.45, 2.75) is 103 Å². The number of nitro benzene ring substituents is 2. The van der Waals surface area contributed by atoms with Crippen LogP contribution in [0.15, 0.2) is 267 Å². The predicted molar refractivity (Wildman–Crippen MR) is 368 cm³/mol. The third-order valence-electron chi connectivity index (χ3n) is 19.4. The smallest absolute Gasteiger partial charge is 0.269 e. The first-order valence-electron chi connectivity index (χ1n) is 31.1. The molecular weight excluding hydrogens is 1110 g/mol. The number of rotatable bonds is 16. The van der Waals surface area contributed by atoms with Crippen molar-refractivity contribution < 1.29 is 19.0 Å². The molecule has 2 unspecified atom stereocenters. The molecule has 9 aromatic carbocycles. The molecular formula is C80H74N6O4+2. The van der Waals surface area contributed by atoms with Crippen LogP contribution in [-0.2, 0) is 47.6 Å². The van der Waals surface area contributed by atoms with Crippen LogP contribution in [0.3, 0.4) is 0 Å². The van der Waals surface area contributed by atoms with E-state index in [1.165, 1.54) is 66.6 Å². The Morgan fingerprint density at radius 2 is 0.822 bits per heavy atom. The highest BCUT2D eigenvalue weighted by Gasteiger charge is 2.49. The van der Waals surface area contributed by atoms with Gasteiger partial charge in [-0.15, -0.1) is 0 Å². The molecule has 0 aromatic heterocycles. The average molecular weight is 1180 g/mol. The molecule has 446 valence electrons. The molecule has 10 heteroatoms. The van der Waals surface area contributed by atoms with Crippen molar-refractivity contribution in [1.29, 1.82) is 0 Å². The average Bonchev–Trinajstić information content (AvgIpc) is 1.61. The Bertz CT molecular complexity index is 4360. The molecule has 0 spiro atoms. The number of nitrogens with zero attached hydrogens (tertiary/aromatic N) is 6. The zero-order valence-corrected chi connectivity index (χ0v) is 52.4. The molecule has 10 nitrogen and oxygen atoms in total. The Morgan fingerprint density at radius 3 is 1.20 bits per heavy atom. The van der Waals surface area contributed by atoms with Crippen LogP contribution in [0, 0.1) is 20.2 Å². The topological polar surface area (TPSA) is 98.8 Å². The van der Waals surface area contributed by atoms with Crippen LogP contribution in [-0.4, -0.2) is 30.4 Å². The van der Waals surface area contributed by atoms with Gasteiger partial charge in [-0.25, -0.2) is 0 Å². The van der Waals surface area contributed by atoms with E-state index in [0.717, 1.165) is 45.0 Å². The van der Waals surface area contributed by atoms with Gasteiger partial charge in [-0.05, 0) is 148 Å². The van der Waals surface area contributed by atoms with Gasteiger partial charge in [-0.1, -0.05) is 158 Å². The van der Waals surface area contributed by atoms with Gasteiger partial charge in [0.25, 0.3) is 11.4 Å². The first-order valence-corrected chi connectivity index (χ1v) is 31.1. The molecule has 90 heavy (non-hydrogen) atoms. The van der Waals surface area contributed by atoms with Gasteiger partial charge in [-0.2, -0.15) is 9.15 Å². The Labute approximate surface area is 527 Å². The molecule has 0 aliphatic carbocycles. The maximum atomic E-state index is 12.3. The van der Waals surface area contributed by atoms with Gasteiger partial charge in [0.15, 0.2) is 24.5 Å². The monoisotopic (exact) mass is 1180 g/mol. The van der Waals surface area contributed by atoms with Crippen molar-refractivity contribution in [1.82, 2.24) is 0 Å². The van der Waals surface area contributed by atoms with E-state index in [1.807, 2.05) is 50.3 Å². The number of hydrogen-bond acceptors (Lipinski definition) is 6. The van der Waals surface area contributed by atoms with Crippen LogP contribution >= 0.6 is 0 Å². The summed E-state index contributed by atoms with van der Waals surface area (Å²) in [6.45, 7) is 19.1. The SMILES string of the molecule is C/C=C/N1/C(=C/C=C/C2=[N+](Cc3ccc(C[N+]4=C(/C=C/C=C5/N(/C=C/C)c6ccc([N+](=O)[O-])cc6C5(C)Cc5ccccc5)C(C)(C)c5c4ccc4ccccc54)cc3)c3ccc4ccccc4c3C2(C)C)C(C)(Cc2ccccc2)c2cc([N+](=O)[O-])ccc21. The largest absolute Gasteiger partial charge is 0.320 e. The summed E-state index contributed by atoms with van der Waals surface area (Å²) < 4.78 is 4.99. The molecule has 0 amide bonds. The minimum Gasteiger partial charge on any atom is -0.320 e. The quantitative estimate of drug-likeness (QED) is 0.0543. The maximum absolute atomic E-state index is 12.3. The van der Waals surface area contributed by atoms with Crippen LogP contribution in [0.25, 0.3) is 21.5 Å². The summed E-state index contributed by atoms with van der Waals surface area (Å²) in [6, 6.07) is 66.9. The van der Waals surface area contributed by atoms with Crippen molar-refractivity contribution >= 4 is 67.1 Å². The number of nitro groups is 2. The lowest BCUT2D eigenvalue weighted by molar-refractivity contribution is -0.455. The fourth-order valence-electron chi connectivity index (χ4n) is 15.2. The van der Waals surface area contributed by atoms with Gasteiger partial charge in [0.2, 0.25) is 11.4 Å². The zero-order chi connectivity index (χ0) is 62.7. The number of non-ortho nitro benzene ring substituents is 2. The lowest BCUT2D eigenvalue weighted by Crippen LogP contribution is -2.29. The number of benzene rings is 9. The van der Waals surface area contributed by atoms with Crippen molar-refractivity contribution in [3.05, 3.63) is 331 Å². The molecule has 13 rings (SSSR count). The first kappa shape index (κ1) is 58.7. The molecule has 4 aliphatic heterocycles. The van der Waals surface area contributed by atoms with Gasteiger partial charge >= 0.3 is 0 Å². The Balaban J connectivity index is 0.884. The predicted octanol–water partition coefficient (Wildman–Crippen LogP) is 19.0. The molecule has 4 aliphatic rings. The first-order chi connectivity index (χ1) is 43.4. The highest BCUT2D eigenvalue weighted by atomic mass is 16.6. The van der Waals surface area contributed by atoms with Crippen LogP contribution in [0.2, 0.25) is 0 Å². The fourth-order valence-corrected chi connectivity index (χ4v) is 15.2. The highest BCUT2D eigenvalue weighted by Crippen LogP contribution is 2.54. The summed E-state index contributed by atoms with van der Waals surface area (Å²) in [5, 5.41) is 29.4. The molecule has 0 N–H and O–H groups in total. The second-order valence-electron chi connectivity index (χ2n) is 25.8. The Morgan fingerprint density at radius 1 is 0.444 bits per heavy atom. The minimum absolute atomic E-state index is 0.0803. The number of allylic oxidation sites excluding steroid dienone is 10. The van der Waals surface area contributed by atoms with Gasteiger partial charge in [0, 0.05) is 117 Å². The second kappa shape index (κ2) is 23.0. The molecule has 2 atom stereocenters. The number of anilines is 2. The number of hydrogen-bond donors (Lipinski definition) is 0.